The Balaban J connectivity index is 1.94. The molecule has 3 rings (SSSR count). The second-order valence-electron chi connectivity index (χ2n) is 9.63. The van der Waals surface area contributed by atoms with Crippen LogP contribution in [-0.4, -0.2) is 75.0 Å². The Morgan fingerprint density at radius 2 is 1.76 bits per heavy atom. The first-order chi connectivity index (χ1) is 19.8. The molecule has 0 radical (unpaired) electrons. The molecular weight excluding hydrogens is 567 g/mol. The molecule has 1 aliphatic rings. The monoisotopic (exact) mass is 602 g/mol. The van der Waals surface area contributed by atoms with Gasteiger partial charge >= 0.3 is 5.97 Å². The van der Waals surface area contributed by atoms with Gasteiger partial charge in [0.05, 0.1) is 30.2 Å². The Bertz CT molecular complexity index is 1470. The number of rotatable bonds is 12. The highest BCUT2D eigenvalue weighted by Crippen LogP contribution is 2.30. The van der Waals surface area contributed by atoms with E-state index in [-0.39, 0.29) is 35.5 Å². The van der Waals surface area contributed by atoms with Crippen molar-refractivity contribution in [1.82, 2.24) is 4.90 Å². The number of nitrogen functional groups attached to an aromatic ring is 1. The van der Waals surface area contributed by atoms with Gasteiger partial charge in [0.2, 0.25) is 10.0 Å². The summed E-state index contributed by atoms with van der Waals surface area (Å²) in [5.41, 5.74) is 11.7. The number of halogens is 1. The number of hydrogen-bond acceptors (Lipinski definition) is 8. The summed E-state index contributed by atoms with van der Waals surface area (Å²) in [6, 6.07) is 9.98. The maximum Gasteiger partial charge on any atom is 0.323 e. The molecular formula is C28H35FN6O6S. The first-order valence-electron chi connectivity index (χ1n) is 13.2. The number of nitrogens with one attached hydrogen (secondary N) is 2. The molecule has 1 amide bonds. The third-order valence-corrected chi connectivity index (χ3v) is 8.12. The Morgan fingerprint density at radius 3 is 2.31 bits per heavy atom. The molecule has 14 heteroatoms. The Hall–Kier alpha value is -4.46. The summed E-state index contributed by atoms with van der Waals surface area (Å²) in [5.74, 6) is -3.40. The van der Waals surface area contributed by atoms with Crippen LogP contribution in [0.25, 0.3) is 6.08 Å². The molecule has 226 valence electrons. The predicted molar refractivity (Wildman–Crippen MR) is 158 cm³/mol. The van der Waals surface area contributed by atoms with Gasteiger partial charge in [-0.15, -0.1) is 0 Å². The largest absolute Gasteiger partial charge is 0.489 e. The van der Waals surface area contributed by atoms with Crippen LogP contribution in [0.4, 0.5) is 10.1 Å². The Labute approximate surface area is 244 Å². The molecule has 0 bridgehead atoms. The zero-order valence-electron chi connectivity index (χ0n) is 23.4. The minimum atomic E-state index is -4.48. The number of amides is 1. The van der Waals surface area contributed by atoms with E-state index in [9.17, 15) is 18.0 Å². The minimum absolute atomic E-state index is 0.0466. The summed E-state index contributed by atoms with van der Waals surface area (Å²) < 4.78 is 53.4. The van der Waals surface area contributed by atoms with Gasteiger partial charge in [-0.1, -0.05) is 24.3 Å². The van der Waals surface area contributed by atoms with Gasteiger partial charge in [0.25, 0.3) is 5.91 Å². The molecule has 12 nitrogen and oxygen atoms in total. The van der Waals surface area contributed by atoms with Crippen molar-refractivity contribution in [3.8, 4) is 5.75 Å². The van der Waals surface area contributed by atoms with Crippen LogP contribution in [0.15, 0.2) is 48.3 Å². The van der Waals surface area contributed by atoms with Crippen LogP contribution in [0.2, 0.25) is 0 Å². The number of ether oxygens (including phenoxy) is 2. The second kappa shape index (κ2) is 13.9. The van der Waals surface area contributed by atoms with E-state index in [1.54, 1.807) is 6.92 Å². The number of carbonyl (C=O) groups is 2. The predicted octanol–water partition coefficient (Wildman–Crippen LogP) is 2.62. The van der Waals surface area contributed by atoms with Gasteiger partial charge in [0.1, 0.15) is 23.5 Å². The summed E-state index contributed by atoms with van der Waals surface area (Å²) in [6.45, 7) is 3.59. The van der Waals surface area contributed by atoms with Crippen molar-refractivity contribution in [2.75, 3.05) is 36.3 Å². The van der Waals surface area contributed by atoms with Gasteiger partial charge in [-0.3, -0.25) is 24.7 Å². The number of nitrogens with two attached hydrogens (primary N) is 2. The van der Waals surface area contributed by atoms with Gasteiger partial charge < -0.3 is 25.8 Å². The number of hydrogen-bond donors (Lipinski definition) is 4. The highest BCUT2D eigenvalue weighted by Gasteiger charge is 2.29. The number of likely N-dealkylation sites (tertiary alicyclic amines) is 1. The zero-order chi connectivity index (χ0) is 31.0. The van der Waals surface area contributed by atoms with Crippen LogP contribution in [-0.2, 0) is 19.6 Å². The average Bonchev–Trinajstić information content (AvgIpc) is 2.92. The maximum absolute atomic E-state index is 15.3. The lowest BCUT2D eigenvalue weighted by Gasteiger charge is -2.33. The van der Waals surface area contributed by atoms with Gasteiger partial charge in [-0.2, -0.15) is 0 Å². The minimum Gasteiger partial charge on any atom is -0.489 e. The summed E-state index contributed by atoms with van der Waals surface area (Å²) >= 11 is 0. The van der Waals surface area contributed by atoms with E-state index in [4.69, 9.17) is 31.8 Å². The van der Waals surface area contributed by atoms with Crippen molar-refractivity contribution in [1.29, 1.82) is 10.8 Å². The number of carbonyl (C=O) groups excluding carboxylic acids is 2. The van der Waals surface area contributed by atoms with E-state index in [1.807, 2.05) is 4.90 Å². The average molecular weight is 603 g/mol. The van der Waals surface area contributed by atoms with E-state index in [0.717, 1.165) is 6.08 Å². The van der Waals surface area contributed by atoms with Crippen molar-refractivity contribution in [2.45, 2.75) is 32.8 Å². The van der Waals surface area contributed by atoms with E-state index >= 15 is 4.39 Å². The molecule has 0 aliphatic carbocycles. The molecule has 0 saturated carbocycles. The standard InChI is InChI=1S/C28H35FN6O6S/c1-3-40-26(36)17-42(38,39)35(16-21(29)14-19-4-6-20(7-5-19)27(31)32)22-8-9-25(24(15-22)28(33)37)41-23-10-12-34(13-11-23)18(2)30/h4-9,14-15,23,30H,3,10-13,16-17H2,1-2H3,(H3,31,32)(H2,33,37)/b21-14-,30-18?. The lowest BCUT2D eigenvalue weighted by Crippen LogP contribution is -2.40. The lowest BCUT2D eigenvalue weighted by atomic mass is 10.1. The van der Waals surface area contributed by atoms with E-state index < -0.39 is 40.0 Å². The molecule has 0 atom stereocenters. The third kappa shape index (κ3) is 8.52. The number of anilines is 1. The third-order valence-electron chi connectivity index (χ3n) is 6.51. The first-order valence-corrected chi connectivity index (χ1v) is 14.8. The number of primary amides is 1. The topological polar surface area (TPSA) is 193 Å². The fourth-order valence-corrected chi connectivity index (χ4v) is 5.65. The molecule has 1 fully saturated rings. The molecule has 1 saturated heterocycles. The Morgan fingerprint density at radius 1 is 1.12 bits per heavy atom. The SMILES string of the molecule is CCOC(=O)CS(=O)(=O)N(C/C(F)=C/c1ccc(C(=N)N)cc1)c1ccc(OC2CCN(C(C)=N)CC2)c(C(N)=O)c1. The molecule has 0 aromatic heterocycles. The van der Waals surface area contributed by atoms with E-state index in [0.29, 0.717) is 47.2 Å². The number of benzene rings is 2. The molecule has 0 unspecified atom stereocenters. The summed E-state index contributed by atoms with van der Waals surface area (Å²) in [5, 5.41) is 15.3. The highest BCUT2D eigenvalue weighted by atomic mass is 32.2. The van der Waals surface area contributed by atoms with E-state index in [1.165, 1.54) is 49.4 Å². The number of piperidine rings is 1. The van der Waals surface area contributed by atoms with E-state index in [2.05, 4.69) is 0 Å². The van der Waals surface area contributed by atoms with Crippen LogP contribution in [0.1, 0.15) is 48.2 Å². The maximum atomic E-state index is 15.3. The van der Waals surface area contributed by atoms with Crippen LogP contribution in [0.3, 0.4) is 0 Å². The second-order valence-corrected chi connectivity index (χ2v) is 11.5. The summed E-state index contributed by atoms with van der Waals surface area (Å²) in [6.07, 6.45) is 2.04. The van der Waals surface area contributed by atoms with Gasteiger partial charge in [-0.05, 0) is 43.7 Å². The van der Waals surface area contributed by atoms with Crippen molar-refractivity contribution in [2.24, 2.45) is 11.5 Å². The van der Waals surface area contributed by atoms with Crippen LogP contribution < -0.4 is 20.5 Å². The highest BCUT2D eigenvalue weighted by molar-refractivity contribution is 7.93. The van der Waals surface area contributed by atoms with Crippen molar-refractivity contribution in [3.63, 3.8) is 0 Å². The van der Waals surface area contributed by atoms with Crippen molar-refractivity contribution < 1.29 is 31.9 Å². The molecule has 6 N–H and O–H groups in total. The smallest absolute Gasteiger partial charge is 0.323 e. The Kier molecular flexibility index (Phi) is 10.6. The molecule has 42 heavy (non-hydrogen) atoms. The lowest BCUT2D eigenvalue weighted by molar-refractivity contribution is -0.139. The quantitative estimate of drug-likeness (QED) is 0.162. The molecule has 2 aromatic rings. The summed E-state index contributed by atoms with van der Waals surface area (Å²) in [7, 11) is -4.48. The summed E-state index contributed by atoms with van der Waals surface area (Å²) in [4.78, 5) is 26.4. The van der Waals surface area contributed by atoms with Gasteiger partial charge in [0.15, 0.2) is 5.75 Å². The van der Waals surface area contributed by atoms with Crippen molar-refractivity contribution >= 4 is 45.3 Å². The number of sulfonamides is 1. The zero-order valence-corrected chi connectivity index (χ0v) is 24.2. The molecule has 1 aliphatic heterocycles. The molecule has 1 heterocycles. The van der Waals surface area contributed by atoms with Crippen LogP contribution in [0.5, 0.6) is 5.75 Å². The molecule has 2 aromatic carbocycles. The fourth-order valence-electron chi connectivity index (χ4n) is 4.36. The fraction of sp³-hybridized carbons (Fsp3) is 0.357. The number of amidine groups is 2. The van der Waals surface area contributed by atoms with Crippen molar-refractivity contribution in [3.05, 3.63) is 65.0 Å². The molecule has 0 spiro atoms. The van der Waals surface area contributed by atoms with Gasteiger partial charge in [-0.25, -0.2) is 12.8 Å². The van der Waals surface area contributed by atoms with Crippen LogP contribution in [0, 0.1) is 10.8 Å². The number of esters is 1. The first kappa shape index (κ1) is 32.1. The van der Waals surface area contributed by atoms with Gasteiger partial charge in [0, 0.05) is 31.5 Å². The van der Waals surface area contributed by atoms with Crippen LogP contribution >= 0.6 is 0 Å². The normalized spacial score (nSPS) is 14.3. The number of nitrogens with zero attached hydrogens (tertiary/aromatic N) is 2.